The summed E-state index contributed by atoms with van der Waals surface area (Å²) in [7, 11) is 0. The Morgan fingerprint density at radius 1 is 1.44 bits per heavy atom. The van der Waals surface area contributed by atoms with Crippen LogP contribution in [0.15, 0.2) is 54.2 Å². The van der Waals surface area contributed by atoms with Gasteiger partial charge in [0.2, 0.25) is 11.1 Å². The molecule has 0 N–H and O–H groups in total. The standard InChI is InChI=1S/C12H12O3S/c1-4-15-16(14)11-8-6-5-7-10(11)12(13)9(2)3/h4-8H,1-2H2,3H3. The molecule has 0 aliphatic heterocycles. The first kappa shape index (κ1) is 12.4. The number of allylic oxidation sites excluding steroid dienone is 1. The molecule has 1 aromatic carbocycles. The van der Waals surface area contributed by atoms with E-state index >= 15 is 0 Å². The van der Waals surface area contributed by atoms with E-state index in [0.29, 0.717) is 16.0 Å². The maximum atomic E-state index is 11.8. The van der Waals surface area contributed by atoms with Crippen LogP contribution in [0.5, 0.6) is 0 Å². The third-order valence-electron chi connectivity index (χ3n) is 1.85. The molecule has 1 rings (SSSR count). The highest BCUT2D eigenvalue weighted by Crippen LogP contribution is 2.17. The minimum absolute atomic E-state index is 0.239. The topological polar surface area (TPSA) is 43.4 Å². The lowest BCUT2D eigenvalue weighted by Gasteiger charge is -2.06. The molecule has 4 heteroatoms. The van der Waals surface area contributed by atoms with Gasteiger partial charge in [-0.05, 0) is 24.6 Å². The first-order chi connectivity index (χ1) is 7.57. The molecule has 1 aromatic rings. The van der Waals surface area contributed by atoms with E-state index in [1.54, 1.807) is 31.2 Å². The van der Waals surface area contributed by atoms with Crippen LogP contribution in [-0.4, -0.2) is 9.99 Å². The van der Waals surface area contributed by atoms with E-state index in [4.69, 9.17) is 4.18 Å². The van der Waals surface area contributed by atoms with Crippen molar-refractivity contribution in [2.75, 3.05) is 0 Å². The summed E-state index contributed by atoms with van der Waals surface area (Å²) in [6.07, 6.45) is 1.08. The Labute approximate surface area is 97.1 Å². The SMILES string of the molecule is C=COS(=O)c1ccccc1C(=O)C(=C)C. The van der Waals surface area contributed by atoms with E-state index in [1.807, 2.05) is 0 Å². The van der Waals surface area contributed by atoms with Gasteiger partial charge in [0.05, 0.1) is 11.2 Å². The molecule has 0 radical (unpaired) electrons. The summed E-state index contributed by atoms with van der Waals surface area (Å²) in [5.74, 6) is -0.239. The molecular weight excluding hydrogens is 224 g/mol. The lowest BCUT2D eigenvalue weighted by Crippen LogP contribution is -2.06. The lowest BCUT2D eigenvalue weighted by molar-refractivity contribution is 0.103. The fourth-order valence-electron chi connectivity index (χ4n) is 1.14. The number of hydrogen-bond acceptors (Lipinski definition) is 3. The molecule has 1 unspecified atom stereocenters. The molecule has 0 fully saturated rings. The fourth-order valence-corrected chi connectivity index (χ4v) is 1.90. The quantitative estimate of drug-likeness (QED) is 0.448. The van der Waals surface area contributed by atoms with Gasteiger partial charge in [-0.2, -0.15) is 0 Å². The molecule has 3 nitrogen and oxygen atoms in total. The van der Waals surface area contributed by atoms with Crippen LogP contribution >= 0.6 is 0 Å². The summed E-state index contributed by atoms with van der Waals surface area (Å²) in [6, 6.07) is 6.56. The van der Waals surface area contributed by atoms with Crippen LogP contribution in [0.3, 0.4) is 0 Å². The van der Waals surface area contributed by atoms with Gasteiger partial charge in [-0.15, -0.1) is 0 Å². The Morgan fingerprint density at radius 2 is 2.06 bits per heavy atom. The van der Waals surface area contributed by atoms with Crippen LogP contribution in [0.1, 0.15) is 17.3 Å². The number of Topliss-reactive ketones (excluding diaryl/α,β-unsaturated/α-hetero) is 1. The highest BCUT2D eigenvalue weighted by molar-refractivity contribution is 7.80. The second-order valence-corrected chi connectivity index (χ2v) is 4.20. The molecular formula is C12H12O3S. The minimum Gasteiger partial charge on any atom is -0.406 e. The molecule has 0 spiro atoms. The molecule has 1 atom stereocenters. The number of carbonyl (C=O) groups excluding carboxylic acids is 1. The van der Waals surface area contributed by atoms with Gasteiger partial charge in [0, 0.05) is 5.56 Å². The first-order valence-electron chi connectivity index (χ1n) is 4.57. The molecule has 0 aliphatic rings. The van der Waals surface area contributed by atoms with Crippen LogP contribution in [0, 0.1) is 0 Å². The summed E-state index contributed by atoms with van der Waals surface area (Å²) in [5.41, 5.74) is 0.734. The summed E-state index contributed by atoms with van der Waals surface area (Å²) >= 11 is -1.71. The lowest BCUT2D eigenvalue weighted by atomic mass is 10.1. The molecule has 0 saturated carbocycles. The van der Waals surface area contributed by atoms with Crippen LogP contribution in [0.2, 0.25) is 0 Å². The summed E-state index contributed by atoms with van der Waals surface area (Å²) in [4.78, 5) is 12.1. The molecule has 0 heterocycles. The number of hydrogen-bond donors (Lipinski definition) is 0. The third kappa shape index (κ3) is 2.67. The highest BCUT2D eigenvalue weighted by atomic mass is 32.2. The van der Waals surface area contributed by atoms with Crippen molar-refractivity contribution >= 4 is 16.9 Å². The van der Waals surface area contributed by atoms with E-state index < -0.39 is 11.1 Å². The number of rotatable bonds is 5. The fraction of sp³-hybridized carbons (Fsp3) is 0.0833. The highest BCUT2D eigenvalue weighted by Gasteiger charge is 2.16. The van der Waals surface area contributed by atoms with Gasteiger partial charge in [0.25, 0.3) is 0 Å². The molecule has 0 bridgehead atoms. The Bertz CT molecular complexity index is 463. The smallest absolute Gasteiger partial charge is 0.240 e. The number of benzene rings is 1. The second-order valence-electron chi connectivity index (χ2n) is 3.10. The maximum Gasteiger partial charge on any atom is 0.240 e. The van der Waals surface area contributed by atoms with Crippen molar-refractivity contribution in [2.45, 2.75) is 11.8 Å². The summed E-state index contributed by atoms with van der Waals surface area (Å²) < 4.78 is 16.4. The third-order valence-corrected chi connectivity index (χ3v) is 2.88. The van der Waals surface area contributed by atoms with Gasteiger partial charge in [-0.1, -0.05) is 25.3 Å². The first-order valence-corrected chi connectivity index (χ1v) is 5.64. The van der Waals surface area contributed by atoms with Crippen molar-refractivity contribution in [1.82, 2.24) is 0 Å². The van der Waals surface area contributed by atoms with Gasteiger partial charge >= 0.3 is 0 Å². The number of carbonyl (C=O) groups is 1. The summed E-state index contributed by atoms with van der Waals surface area (Å²) in [6.45, 7) is 8.49. The largest absolute Gasteiger partial charge is 0.406 e. The van der Waals surface area contributed by atoms with Gasteiger partial charge in [0.1, 0.15) is 0 Å². The summed E-state index contributed by atoms with van der Waals surface area (Å²) in [5, 5.41) is 0. The Kier molecular flexibility index (Phi) is 4.19. The normalized spacial score (nSPS) is 11.6. The Morgan fingerprint density at radius 3 is 2.62 bits per heavy atom. The zero-order valence-electron chi connectivity index (χ0n) is 8.93. The van der Waals surface area contributed by atoms with E-state index in [2.05, 4.69) is 13.2 Å². The van der Waals surface area contributed by atoms with E-state index in [1.165, 1.54) is 0 Å². The van der Waals surface area contributed by atoms with Gasteiger partial charge in [-0.25, -0.2) is 4.21 Å². The van der Waals surface area contributed by atoms with Crippen LogP contribution in [0.4, 0.5) is 0 Å². The number of ketones is 1. The van der Waals surface area contributed by atoms with Crippen molar-refractivity contribution in [2.24, 2.45) is 0 Å². The maximum absolute atomic E-state index is 11.8. The predicted molar refractivity (Wildman–Crippen MR) is 63.3 cm³/mol. The van der Waals surface area contributed by atoms with Crippen molar-refractivity contribution in [3.63, 3.8) is 0 Å². The van der Waals surface area contributed by atoms with Gasteiger partial charge in [0.15, 0.2) is 5.78 Å². The molecule has 0 saturated heterocycles. The van der Waals surface area contributed by atoms with Crippen molar-refractivity contribution in [3.8, 4) is 0 Å². The molecule has 0 aliphatic carbocycles. The zero-order valence-corrected chi connectivity index (χ0v) is 9.75. The van der Waals surface area contributed by atoms with E-state index in [0.717, 1.165) is 6.26 Å². The molecule has 0 aromatic heterocycles. The van der Waals surface area contributed by atoms with Crippen LogP contribution in [-0.2, 0) is 15.3 Å². The monoisotopic (exact) mass is 236 g/mol. The van der Waals surface area contributed by atoms with Crippen LogP contribution < -0.4 is 0 Å². The van der Waals surface area contributed by atoms with Crippen molar-refractivity contribution < 1.29 is 13.2 Å². The average molecular weight is 236 g/mol. The molecule has 16 heavy (non-hydrogen) atoms. The van der Waals surface area contributed by atoms with Crippen LogP contribution in [0.25, 0.3) is 0 Å². The van der Waals surface area contributed by atoms with E-state index in [9.17, 15) is 9.00 Å². The Balaban J connectivity index is 3.19. The van der Waals surface area contributed by atoms with Gasteiger partial charge in [-0.3, -0.25) is 4.79 Å². The average Bonchev–Trinajstić information content (AvgIpc) is 2.28. The molecule has 0 amide bonds. The minimum atomic E-state index is -1.71. The van der Waals surface area contributed by atoms with Crippen molar-refractivity contribution in [3.05, 3.63) is 54.8 Å². The predicted octanol–water partition coefficient (Wildman–Crippen LogP) is 2.63. The second kappa shape index (κ2) is 5.42. The van der Waals surface area contributed by atoms with Gasteiger partial charge < -0.3 is 4.18 Å². The Hall–Kier alpha value is -1.68. The van der Waals surface area contributed by atoms with Crippen molar-refractivity contribution in [1.29, 1.82) is 0 Å². The zero-order chi connectivity index (χ0) is 12.1. The molecule has 84 valence electrons. The van der Waals surface area contributed by atoms with E-state index in [-0.39, 0.29) is 5.78 Å².